The molecule has 158 valence electrons. The predicted molar refractivity (Wildman–Crippen MR) is 117 cm³/mol. The fourth-order valence-corrected chi connectivity index (χ4v) is 3.06. The first-order chi connectivity index (χ1) is 14.2. The summed E-state index contributed by atoms with van der Waals surface area (Å²) in [6.07, 6.45) is 0. The lowest BCUT2D eigenvalue weighted by atomic mass is 9.86. The van der Waals surface area contributed by atoms with Gasteiger partial charge in [-0.3, -0.25) is 10.1 Å². The molecule has 1 heterocycles. The summed E-state index contributed by atoms with van der Waals surface area (Å²) < 4.78 is 11.7. The molecule has 30 heavy (non-hydrogen) atoms. The van der Waals surface area contributed by atoms with Gasteiger partial charge in [-0.05, 0) is 43.5 Å². The Balaban J connectivity index is 2.00. The Morgan fingerprint density at radius 1 is 1.13 bits per heavy atom. The van der Waals surface area contributed by atoms with E-state index in [0.29, 0.717) is 29.7 Å². The fourth-order valence-electron chi connectivity index (χ4n) is 3.06. The van der Waals surface area contributed by atoms with Gasteiger partial charge in [0.1, 0.15) is 6.04 Å². The molecule has 0 spiro atoms. The standard InChI is InChI=1S/C23H27N3O4/c1-6-29-22-19(16-9-13-18(14-10-16)26(27)28)25-21(30-22)20(23(3,4)5)24-17-11-7-15(2)8-12-17/h7-14,20,24H,6H2,1-5H3/t20-/m0/s1. The van der Waals surface area contributed by atoms with Gasteiger partial charge in [0, 0.05) is 23.4 Å². The van der Waals surface area contributed by atoms with E-state index in [4.69, 9.17) is 14.1 Å². The molecule has 0 aliphatic carbocycles. The third kappa shape index (κ3) is 4.79. The van der Waals surface area contributed by atoms with Crippen LogP contribution in [0.3, 0.4) is 0 Å². The third-order valence-electron chi connectivity index (χ3n) is 4.72. The van der Waals surface area contributed by atoms with Crippen molar-refractivity contribution in [1.29, 1.82) is 0 Å². The molecule has 7 nitrogen and oxygen atoms in total. The molecule has 1 aromatic heterocycles. The van der Waals surface area contributed by atoms with Gasteiger partial charge in [0.15, 0.2) is 5.69 Å². The number of hydrogen-bond acceptors (Lipinski definition) is 6. The number of hydrogen-bond donors (Lipinski definition) is 1. The molecular weight excluding hydrogens is 382 g/mol. The molecule has 0 fully saturated rings. The summed E-state index contributed by atoms with van der Waals surface area (Å²) in [5, 5.41) is 14.5. The van der Waals surface area contributed by atoms with Crippen LogP contribution in [-0.4, -0.2) is 16.5 Å². The van der Waals surface area contributed by atoms with E-state index >= 15 is 0 Å². The Bertz CT molecular complexity index is 1000. The van der Waals surface area contributed by atoms with Crippen LogP contribution in [0.15, 0.2) is 52.9 Å². The summed E-state index contributed by atoms with van der Waals surface area (Å²) >= 11 is 0. The Kier molecular flexibility index (Phi) is 6.10. The molecule has 0 unspecified atom stereocenters. The highest BCUT2D eigenvalue weighted by Gasteiger charge is 2.32. The first-order valence-corrected chi connectivity index (χ1v) is 9.90. The molecule has 0 aliphatic heterocycles. The van der Waals surface area contributed by atoms with Crippen molar-refractivity contribution in [2.45, 2.75) is 40.7 Å². The number of aromatic nitrogens is 1. The summed E-state index contributed by atoms with van der Waals surface area (Å²) in [5.41, 5.74) is 3.20. The Morgan fingerprint density at radius 3 is 2.30 bits per heavy atom. The highest BCUT2D eigenvalue weighted by molar-refractivity contribution is 5.65. The van der Waals surface area contributed by atoms with Crippen LogP contribution in [0.2, 0.25) is 0 Å². The topological polar surface area (TPSA) is 90.4 Å². The van der Waals surface area contributed by atoms with E-state index in [-0.39, 0.29) is 17.1 Å². The zero-order chi connectivity index (χ0) is 21.9. The van der Waals surface area contributed by atoms with Crippen molar-refractivity contribution in [3.05, 3.63) is 70.1 Å². The summed E-state index contributed by atoms with van der Waals surface area (Å²) in [4.78, 5) is 15.3. The second kappa shape index (κ2) is 8.57. The van der Waals surface area contributed by atoms with Gasteiger partial charge >= 0.3 is 5.95 Å². The SMILES string of the molecule is CCOc1oc([C@H](Nc2ccc(C)cc2)C(C)(C)C)nc1-c1ccc([N+](=O)[O-])cc1. The number of nitrogens with one attached hydrogen (secondary N) is 1. The molecule has 2 aromatic carbocycles. The van der Waals surface area contributed by atoms with Gasteiger partial charge < -0.3 is 14.5 Å². The molecular formula is C23H27N3O4. The number of nitro benzene ring substituents is 1. The zero-order valence-electron chi connectivity index (χ0n) is 17.9. The minimum absolute atomic E-state index is 0.0223. The summed E-state index contributed by atoms with van der Waals surface area (Å²) in [5.74, 6) is 0.807. The van der Waals surface area contributed by atoms with Crippen molar-refractivity contribution in [1.82, 2.24) is 4.98 Å². The smallest absolute Gasteiger partial charge is 0.313 e. The number of nitrogens with zero attached hydrogens (tertiary/aromatic N) is 2. The molecule has 3 rings (SSSR count). The van der Waals surface area contributed by atoms with Crippen LogP contribution in [0, 0.1) is 22.5 Å². The number of anilines is 1. The predicted octanol–water partition coefficient (Wildman–Crippen LogP) is 6.16. The lowest BCUT2D eigenvalue weighted by molar-refractivity contribution is -0.384. The van der Waals surface area contributed by atoms with E-state index in [0.717, 1.165) is 5.69 Å². The number of ether oxygens (including phenoxy) is 1. The van der Waals surface area contributed by atoms with Crippen LogP contribution in [0.4, 0.5) is 11.4 Å². The quantitative estimate of drug-likeness (QED) is 0.371. The molecule has 0 saturated heterocycles. The van der Waals surface area contributed by atoms with Crippen LogP contribution in [0.5, 0.6) is 5.95 Å². The lowest BCUT2D eigenvalue weighted by Gasteiger charge is -2.29. The van der Waals surface area contributed by atoms with Crippen molar-refractivity contribution in [2.24, 2.45) is 5.41 Å². The largest absolute Gasteiger partial charge is 0.464 e. The number of aryl methyl sites for hydroxylation is 1. The molecule has 0 radical (unpaired) electrons. The van der Waals surface area contributed by atoms with Crippen molar-refractivity contribution in [2.75, 3.05) is 11.9 Å². The van der Waals surface area contributed by atoms with Crippen LogP contribution in [-0.2, 0) is 0 Å². The summed E-state index contributed by atoms with van der Waals surface area (Å²) in [6.45, 7) is 10.6. The molecule has 1 atom stereocenters. The number of benzene rings is 2. The first kappa shape index (κ1) is 21.4. The van der Waals surface area contributed by atoms with Gasteiger partial charge in [-0.25, -0.2) is 4.98 Å². The highest BCUT2D eigenvalue weighted by atomic mass is 16.6. The maximum atomic E-state index is 11.0. The van der Waals surface area contributed by atoms with Crippen molar-refractivity contribution in [3.63, 3.8) is 0 Å². The van der Waals surface area contributed by atoms with Gasteiger partial charge in [-0.1, -0.05) is 38.5 Å². The number of oxazole rings is 1. The van der Waals surface area contributed by atoms with E-state index in [1.54, 1.807) is 12.1 Å². The number of rotatable bonds is 7. The Labute approximate surface area is 176 Å². The molecule has 3 aromatic rings. The maximum absolute atomic E-state index is 11.0. The maximum Gasteiger partial charge on any atom is 0.313 e. The van der Waals surface area contributed by atoms with Gasteiger partial charge in [0.2, 0.25) is 5.89 Å². The monoisotopic (exact) mass is 409 g/mol. The first-order valence-electron chi connectivity index (χ1n) is 9.90. The molecule has 7 heteroatoms. The summed E-state index contributed by atoms with van der Waals surface area (Å²) in [6, 6.07) is 14.1. The fraction of sp³-hybridized carbons (Fsp3) is 0.348. The molecule has 0 saturated carbocycles. The molecule has 0 bridgehead atoms. The zero-order valence-corrected chi connectivity index (χ0v) is 17.9. The van der Waals surface area contributed by atoms with E-state index < -0.39 is 4.92 Å². The van der Waals surface area contributed by atoms with E-state index in [1.807, 2.05) is 38.1 Å². The van der Waals surface area contributed by atoms with E-state index in [9.17, 15) is 10.1 Å². The van der Waals surface area contributed by atoms with Gasteiger partial charge in [-0.2, -0.15) is 0 Å². The minimum atomic E-state index is -0.428. The summed E-state index contributed by atoms with van der Waals surface area (Å²) in [7, 11) is 0. The van der Waals surface area contributed by atoms with E-state index in [1.165, 1.54) is 17.7 Å². The highest BCUT2D eigenvalue weighted by Crippen LogP contribution is 2.40. The van der Waals surface area contributed by atoms with Gasteiger partial charge in [0.05, 0.1) is 11.5 Å². The van der Waals surface area contributed by atoms with Crippen LogP contribution in [0.25, 0.3) is 11.3 Å². The average Bonchev–Trinajstić information content (AvgIpc) is 3.10. The third-order valence-corrected chi connectivity index (χ3v) is 4.72. The minimum Gasteiger partial charge on any atom is -0.464 e. The van der Waals surface area contributed by atoms with Crippen LogP contribution < -0.4 is 10.1 Å². The average molecular weight is 409 g/mol. The van der Waals surface area contributed by atoms with Crippen LogP contribution >= 0.6 is 0 Å². The second-order valence-electron chi connectivity index (χ2n) is 8.23. The molecule has 1 N–H and O–H groups in total. The normalized spacial score (nSPS) is 12.4. The van der Waals surface area contributed by atoms with Crippen molar-refractivity contribution >= 4 is 11.4 Å². The molecule has 0 amide bonds. The van der Waals surface area contributed by atoms with Gasteiger partial charge in [-0.15, -0.1) is 0 Å². The second-order valence-corrected chi connectivity index (χ2v) is 8.23. The van der Waals surface area contributed by atoms with Crippen molar-refractivity contribution < 1.29 is 14.1 Å². The number of nitro groups is 1. The van der Waals surface area contributed by atoms with E-state index in [2.05, 4.69) is 26.1 Å². The van der Waals surface area contributed by atoms with Crippen molar-refractivity contribution in [3.8, 4) is 17.2 Å². The Hall–Kier alpha value is -3.35. The Morgan fingerprint density at radius 2 is 1.77 bits per heavy atom. The number of non-ortho nitro benzene ring substituents is 1. The van der Waals surface area contributed by atoms with Gasteiger partial charge in [0.25, 0.3) is 5.69 Å². The molecule has 0 aliphatic rings. The lowest BCUT2D eigenvalue weighted by Crippen LogP contribution is -2.26. The van der Waals surface area contributed by atoms with Crippen LogP contribution in [0.1, 0.15) is 45.2 Å².